The molecule has 0 spiro atoms. The highest BCUT2D eigenvalue weighted by molar-refractivity contribution is 7.99. The standard InChI is InChI=1S/C48H46Cl2N6O4S/c1-31(57)53-21-25-55(26-22-53)43(59)15-9-33-7-13-41(47(49)45(33)37-5-11-39-35(29-37)17-19-51(39)3)61-42-14-8-34(10-16-44(60)56-27-23-54(24-28-56)32(2)58)46(48(42)50)38-6-12-40-36(30-38)18-20-52(40)4/h5-20,29-30H,21-28H2,1-4H3. The van der Waals surface area contributed by atoms with E-state index in [-0.39, 0.29) is 23.6 Å². The molecule has 2 aliphatic rings. The van der Waals surface area contributed by atoms with Crippen LogP contribution >= 0.6 is 35.0 Å². The van der Waals surface area contributed by atoms with Gasteiger partial charge in [0.1, 0.15) is 0 Å². The van der Waals surface area contributed by atoms with Gasteiger partial charge in [0.05, 0.1) is 10.0 Å². The fourth-order valence-corrected chi connectivity index (χ4v) is 9.86. The van der Waals surface area contributed by atoms with Crippen LogP contribution in [0.4, 0.5) is 0 Å². The summed E-state index contributed by atoms with van der Waals surface area (Å²) in [5.41, 5.74) is 7.14. The van der Waals surface area contributed by atoms with E-state index in [0.29, 0.717) is 62.4 Å². The van der Waals surface area contributed by atoms with Gasteiger partial charge < -0.3 is 28.7 Å². The molecule has 13 heteroatoms. The van der Waals surface area contributed by atoms with Crippen LogP contribution in [0.25, 0.3) is 56.2 Å². The molecule has 61 heavy (non-hydrogen) atoms. The van der Waals surface area contributed by atoms with E-state index in [1.807, 2.05) is 62.9 Å². The van der Waals surface area contributed by atoms with E-state index in [1.54, 1.807) is 45.6 Å². The number of rotatable bonds is 8. The minimum absolute atomic E-state index is 0.0129. The highest BCUT2D eigenvalue weighted by Gasteiger charge is 2.24. The molecule has 4 aromatic carbocycles. The minimum Gasteiger partial charge on any atom is -0.351 e. The van der Waals surface area contributed by atoms with Gasteiger partial charge in [-0.05, 0) is 82.9 Å². The molecular formula is C48H46Cl2N6O4S. The lowest BCUT2D eigenvalue weighted by Gasteiger charge is -2.33. The molecule has 0 unspecified atom stereocenters. The van der Waals surface area contributed by atoms with Gasteiger partial charge in [0.2, 0.25) is 23.6 Å². The Hall–Kier alpha value is -5.75. The summed E-state index contributed by atoms with van der Waals surface area (Å²) in [7, 11) is 4.02. The van der Waals surface area contributed by atoms with Crippen LogP contribution in [-0.2, 0) is 33.3 Å². The van der Waals surface area contributed by atoms with E-state index in [0.717, 1.165) is 65.0 Å². The number of amides is 4. The second-order valence-corrected chi connectivity index (χ2v) is 17.4. The monoisotopic (exact) mass is 872 g/mol. The number of halogens is 2. The third-order valence-electron chi connectivity index (χ3n) is 11.7. The van der Waals surface area contributed by atoms with Crippen molar-refractivity contribution in [3.8, 4) is 22.3 Å². The number of hydrogen-bond acceptors (Lipinski definition) is 5. The molecule has 0 N–H and O–H groups in total. The highest BCUT2D eigenvalue weighted by atomic mass is 35.5. The first kappa shape index (κ1) is 42.0. The van der Waals surface area contributed by atoms with Gasteiger partial charge >= 0.3 is 0 Å². The van der Waals surface area contributed by atoms with E-state index in [1.165, 1.54) is 11.8 Å². The Morgan fingerprint density at radius 2 is 0.902 bits per heavy atom. The van der Waals surface area contributed by atoms with Gasteiger partial charge in [0.25, 0.3) is 0 Å². The number of carbonyl (C=O) groups excluding carboxylic acids is 4. The van der Waals surface area contributed by atoms with Gasteiger partial charge in [0.15, 0.2) is 0 Å². The van der Waals surface area contributed by atoms with Gasteiger partial charge in [0, 0.05) is 148 Å². The Morgan fingerprint density at radius 3 is 1.28 bits per heavy atom. The minimum atomic E-state index is -0.123. The largest absolute Gasteiger partial charge is 0.351 e. The van der Waals surface area contributed by atoms with Crippen LogP contribution in [0.1, 0.15) is 25.0 Å². The summed E-state index contributed by atoms with van der Waals surface area (Å²) in [6.45, 7) is 7.04. The maximum absolute atomic E-state index is 13.4. The molecule has 4 heterocycles. The highest BCUT2D eigenvalue weighted by Crippen LogP contribution is 2.47. The van der Waals surface area contributed by atoms with Crippen LogP contribution in [0.3, 0.4) is 0 Å². The molecule has 0 atom stereocenters. The molecule has 8 rings (SSSR count). The van der Waals surface area contributed by atoms with Crippen LogP contribution in [-0.4, -0.2) is 105 Å². The predicted molar refractivity (Wildman–Crippen MR) is 247 cm³/mol. The van der Waals surface area contributed by atoms with Gasteiger partial charge in [-0.15, -0.1) is 0 Å². The third kappa shape index (κ3) is 8.73. The summed E-state index contributed by atoms with van der Waals surface area (Å²) in [6, 6.07) is 24.5. The topological polar surface area (TPSA) is 91.1 Å². The van der Waals surface area contributed by atoms with Crippen molar-refractivity contribution in [1.82, 2.24) is 28.7 Å². The number of carbonyl (C=O) groups is 4. The summed E-state index contributed by atoms with van der Waals surface area (Å²) < 4.78 is 4.14. The Labute approximate surface area is 369 Å². The van der Waals surface area contributed by atoms with Crippen LogP contribution < -0.4 is 0 Å². The molecular weight excluding hydrogens is 828 g/mol. The molecule has 6 aromatic rings. The van der Waals surface area contributed by atoms with Crippen LogP contribution in [0.15, 0.2) is 107 Å². The molecule has 2 aromatic heterocycles. The van der Waals surface area contributed by atoms with Crippen LogP contribution in [0, 0.1) is 0 Å². The molecule has 0 radical (unpaired) electrons. The van der Waals surface area contributed by atoms with E-state index in [2.05, 4.69) is 57.7 Å². The first-order valence-corrected chi connectivity index (χ1v) is 21.8. The third-order valence-corrected chi connectivity index (χ3v) is 13.9. The summed E-state index contributed by atoms with van der Waals surface area (Å²) in [6.07, 6.45) is 10.9. The van der Waals surface area contributed by atoms with Crippen molar-refractivity contribution in [2.24, 2.45) is 14.1 Å². The molecule has 2 saturated heterocycles. The normalized spacial score (nSPS) is 14.9. The molecule has 0 aliphatic carbocycles. The molecule has 2 aliphatic heterocycles. The Balaban J connectivity index is 1.15. The second kappa shape index (κ2) is 17.7. The number of aromatic nitrogens is 2. The SMILES string of the molecule is CC(=O)N1CCN(C(=O)C=Cc2ccc(Sc3ccc(C=CC(=O)N4CCN(C(C)=O)CC4)c(-c4ccc5c(ccn5C)c4)c3Cl)c(Cl)c2-c2ccc3c(ccn3C)c2)CC1. The Bertz CT molecular complexity index is 2590. The van der Waals surface area contributed by atoms with Gasteiger partial charge in [-0.2, -0.15) is 0 Å². The van der Waals surface area contributed by atoms with E-state index in [9.17, 15) is 19.2 Å². The Kier molecular flexibility index (Phi) is 12.2. The van der Waals surface area contributed by atoms with Gasteiger partial charge in [-0.25, -0.2) is 0 Å². The summed E-state index contributed by atoms with van der Waals surface area (Å²) in [5.74, 6) is -0.221. The number of hydrogen-bond donors (Lipinski definition) is 0. The second-order valence-electron chi connectivity index (χ2n) is 15.5. The van der Waals surface area contributed by atoms with E-state index >= 15 is 0 Å². The molecule has 0 saturated carbocycles. The maximum atomic E-state index is 13.4. The average Bonchev–Trinajstić information content (AvgIpc) is 3.83. The predicted octanol–water partition coefficient (Wildman–Crippen LogP) is 8.87. The first-order valence-electron chi connectivity index (χ1n) is 20.2. The number of aryl methyl sites for hydroxylation is 2. The first-order chi connectivity index (χ1) is 29.4. The number of benzene rings is 4. The summed E-state index contributed by atoms with van der Waals surface area (Å²) >= 11 is 16.3. The number of piperazine rings is 2. The average molecular weight is 874 g/mol. The zero-order valence-electron chi connectivity index (χ0n) is 34.5. The molecule has 312 valence electrons. The summed E-state index contributed by atoms with van der Waals surface area (Å²) in [5, 5.41) is 3.17. The van der Waals surface area contributed by atoms with E-state index < -0.39 is 0 Å². The maximum Gasteiger partial charge on any atom is 0.246 e. The quantitative estimate of drug-likeness (QED) is 0.143. The van der Waals surface area contributed by atoms with Crippen molar-refractivity contribution in [2.45, 2.75) is 23.6 Å². The molecule has 4 amide bonds. The number of fused-ring (bicyclic) bond motifs is 2. The Morgan fingerprint density at radius 1 is 0.525 bits per heavy atom. The van der Waals surface area contributed by atoms with Crippen LogP contribution in [0.5, 0.6) is 0 Å². The zero-order valence-corrected chi connectivity index (χ0v) is 36.9. The number of nitrogens with zero attached hydrogens (tertiary/aromatic N) is 6. The van der Waals surface area contributed by atoms with Gasteiger partial charge in [-0.3, -0.25) is 19.2 Å². The zero-order chi connectivity index (χ0) is 42.9. The van der Waals surface area contributed by atoms with Crippen molar-refractivity contribution >= 4 is 92.6 Å². The fraction of sp³-hybridized carbons (Fsp3) is 0.250. The lowest BCUT2D eigenvalue weighted by atomic mass is 9.97. The summed E-state index contributed by atoms with van der Waals surface area (Å²) in [4.78, 5) is 59.1. The van der Waals surface area contributed by atoms with Crippen molar-refractivity contribution in [1.29, 1.82) is 0 Å². The van der Waals surface area contributed by atoms with Gasteiger partial charge in [-0.1, -0.05) is 59.2 Å². The molecule has 10 nitrogen and oxygen atoms in total. The van der Waals surface area contributed by atoms with Crippen molar-refractivity contribution in [2.75, 3.05) is 52.4 Å². The van der Waals surface area contributed by atoms with Crippen molar-refractivity contribution < 1.29 is 19.2 Å². The fourth-order valence-electron chi connectivity index (χ4n) is 8.18. The van der Waals surface area contributed by atoms with Crippen molar-refractivity contribution in [3.63, 3.8) is 0 Å². The van der Waals surface area contributed by atoms with Crippen molar-refractivity contribution in [3.05, 3.63) is 119 Å². The van der Waals surface area contributed by atoms with E-state index in [4.69, 9.17) is 23.2 Å². The lowest BCUT2D eigenvalue weighted by Crippen LogP contribution is -2.49. The molecule has 2 fully saturated rings. The lowest BCUT2D eigenvalue weighted by molar-refractivity contribution is -0.135. The smallest absolute Gasteiger partial charge is 0.246 e. The van der Waals surface area contributed by atoms with Crippen LogP contribution in [0.2, 0.25) is 10.0 Å². The molecule has 0 bridgehead atoms.